The largest absolute Gasteiger partial charge is 0.467 e. The lowest BCUT2D eigenvalue weighted by molar-refractivity contribution is -0.146. The molecule has 0 aliphatic carbocycles. The highest BCUT2D eigenvalue weighted by Crippen LogP contribution is 2.14. The van der Waals surface area contributed by atoms with Gasteiger partial charge in [0.25, 0.3) is 0 Å². The molecule has 0 aromatic heterocycles. The lowest BCUT2D eigenvalue weighted by Gasteiger charge is -2.29. The van der Waals surface area contributed by atoms with E-state index in [-0.39, 0.29) is 23.8 Å². The Kier molecular flexibility index (Phi) is 8.51. The second-order valence-electron chi connectivity index (χ2n) is 6.49. The van der Waals surface area contributed by atoms with Crippen LogP contribution in [0, 0.1) is 11.3 Å². The highest BCUT2D eigenvalue weighted by atomic mass is 16.5. The summed E-state index contributed by atoms with van der Waals surface area (Å²) in [5.74, 6) is -0.546. The predicted octanol–water partition coefficient (Wildman–Crippen LogP) is 0.607. The minimum atomic E-state index is -0.594. The van der Waals surface area contributed by atoms with Gasteiger partial charge in [-0.2, -0.15) is 0 Å². The van der Waals surface area contributed by atoms with Crippen LogP contribution in [0.2, 0.25) is 0 Å². The summed E-state index contributed by atoms with van der Waals surface area (Å²) in [5, 5.41) is 2.77. The lowest BCUT2D eigenvalue weighted by atomic mass is 9.93. The number of carbonyl (C=O) groups is 2. The summed E-state index contributed by atoms with van der Waals surface area (Å²) >= 11 is 0. The number of carbonyl (C=O) groups excluding carboxylic acids is 2. The van der Waals surface area contributed by atoms with E-state index < -0.39 is 12.0 Å². The maximum absolute atomic E-state index is 12.1. The summed E-state index contributed by atoms with van der Waals surface area (Å²) in [6, 6.07) is -0.594. The van der Waals surface area contributed by atoms with Gasteiger partial charge in [-0.05, 0) is 24.9 Å². The number of ether oxygens (including phenoxy) is 1. The second-order valence-corrected chi connectivity index (χ2v) is 6.49. The minimum absolute atomic E-state index is 0.0344. The molecule has 0 rings (SSSR count). The second kappa shape index (κ2) is 9.00. The van der Waals surface area contributed by atoms with Crippen LogP contribution in [0.25, 0.3) is 0 Å². The summed E-state index contributed by atoms with van der Waals surface area (Å²) in [7, 11) is 3.20. The zero-order valence-electron chi connectivity index (χ0n) is 14.2. The average molecular weight is 301 g/mol. The van der Waals surface area contributed by atoms with Crippen molar-refractivity contribution in [1.29, 1.82) is 0 Å². The summed E-state index contributed by atoms with van der Waals surface area (Å²) in [5.41, 5.74) is 5.65. The molecule has 0 aromatic rings. The lowest BCUT2D eigenvalue weighted by Crippen LogP contribution is -2.49. The van der Waals surface area contributed by atoms with Crippen LogP contribution < -0.4 is 11.1 Å². The molecule has 3 N–H and O–H groups in total. The summed E-state index contributed by atoms with van der Waals surface area (Å²) in [4.78, 5) is 25.7. The highest BCUT2D eigenvalue weighted by molar-refractivity contribution is 5.85. The fraction of sp³-hybridized carbons (Fsp3) is 0.867. The molecule has 124 valence electrons. The number of nitrogens with two attached hydrogens (primary N) is 1. The van der Waals surface area contributed by atoms with Gasteiger partial charge in [0.15, 0.2) is 0 Å². The Morgan fingerprint density at radius 1 is 1.38 bits per heavy atom. The van der Waals surface area contributed by atoms with E-state index in [1.165, 1.54) is 7.11 Å². The Hall–Kier alpha value is -1.14. The minimum Gasteiger partial charge on any atom is -0.467 e. The van der Waals surface area contributed by atoms with Gasteiger partial charge in [0, 0.05) is 6.54 Å². The molecule has 2 atom stereocenters. The van der Waals surface area contributed by atoms with Gasteiger partial charge < -0.3 is 15.8 Å². The number of hydrogen-bond acceptors (Lipinski definition) is 5. The van der Waals surface area contributed by atoms with Crippen LogP contribution in [-0.2, 0) is 14.3 Å². The first-order chi connectivity index (χ1) is 9.66. The molecule has 6 heteroatoms. The van der Waals surface area contributed by atoms with Gasteiger partial charge in [-0.25, -0.2) is 4.79 Å². The molecule has 0 aromatic carbocycles. The van der Waals surface area contributed by atoms with Crippen LogP contribution in [0.3, 0.4) is 0 Å². The number of nitrogens with one attached hydrogen (secondary N) is 1. The van der Waals surface area contributed by atoms with Crippen molar-refractivity contribution in [3.8, 4) is 0 Å². The Labute approximate surface area is 128 Å². The van der Waals surface area contributed by atoms with Crippen molar-refractivity contribution in [3.05, 3.63) is 0 Å². The molecule has 0 spiro atoms. The van der Waals surface area contributed by atoms with Gasteiger partial charge in [-0.15, -0.1) is 0 Å². The van der Waals surface area contributed by atoms with Crippen LogP contribution in [-0.4, -0.2) is 56.6 Å². The summed E-state index contributed by atoms with van der Waals surface area (Å²) in [6.45, 7) is 9.49. The fourth-order valence-electron chi connectivity index (χ4n) is 2.11. The first kappa shape index (κ1) is 19.9. The number of nitrogens with zero attached hydrogens (tertiary/aromatic N) is 1. The zero-order valence-corrected chi connectivity index (χ0v) is 14.2. The standard InChI is InChI=1S/C15H31N3O3/c1-7-11(2)13(14(20)21-6)17-12(19)8-18(5)10-15(3,4)9-16/h11,13H,7-10,16H2,1-6H3,(H,17,19). The third-order valence-electron chi connectivity index (χ3n) is 3.65. The number of rotatable bonds is 9. The van der Waals surface area contributed by atoms with Crippen molar-refractivity contribution in [1.82, 2.24) is 10.2 Å². The molecular weight excluding hydrogens is 270 g/mol. The van der Waals surface area contributed by atoms with E-state index in [1.807, 2.05) is 25.8 Å². The molecule has 0 saturated heterocycles. The van der Waals surface area contributed by atoms with Gasteiger partial charge >= 0.3 is 5.97 Å². The highest BCUT2D eigenvalue weighted by Gasteiger charge is 2.27. The Morgan fingerprint density at radius 3 is 2.38 bits per heavy atom. The topological polar surface area (TPSA) is 84.7 Å². The van der Waals surface area contributed by atoms with Gasteiger partial charge in [0.05, 0.1) is 13.7 Å². The zero-order chi connectivity index (χ0) is 16.6. The van der Waals surface area contributed by atoms with Crippen molar-refractivity contribution >= 4 is 11.9 Å². The maximum atomic E-state index is 12.1. The molecule has 0 saturated carbocycles. The van der Waals surface area contributed by atoms with Crippen LogP contribution in [0.15, 0.2) is 0 Å². The SMILES string of the molecule is CCC(C)C(NC(=O)CN(C)CC(C)(C)CN)C(=O)OC. The number of methoxy groups -OCH3 is 1. The van der Waals surface area contributed by atoms with Crippen molar-refractivity contribution in [2.24, 2.45) is 17.1 Å². The smallest absolute Gasteiger partial charge is 0.328 e. The van der Waals surface area contributed by atoms with Crippen molar-refractivity contribution < 1.29 is 14.3 Å². The quantitative estimate of drug-likeness (QED) is 0.609. The van der Waals surface area contributed by atoms with Crippen LogP contribution in [0.5, 0.6) is 0 Å². The summed E-state index contributed by atoms with van der Waals surface area (Å²) < 4.78 is 4.76. The van der Waals surface area contributed by atoms with Gasteiger partial charge in [-0.1, -0.05) is 34.1 Å². The van der Waals surface area contributed by atoms with E-state index in [2.05, 4.69) is 19.2 Å². The molecule has 1 amide bonds. The monoisotopic (exact) mass is 301 g/mol. The van der Waals surface area contributed by atoms with Crippen LogP contribution >= 0.6 is 0 Å². The third kappa shape index (κ3) is 7.43. The van der Waals surface area contributed by atoms with E-state index in [0.29, 0.717) is 13.1 Å². The molecular formula is C15H31N3O3. The van der Waals surface area contributed by atoms with Gasteiger partial charge in [0.1, 0.15) is 6.04 Å². The molecule has 0 heterocycles. The molecule has 21 heavy (non-hydrogen) atoms. The van der Waals surface area contributed by atoms with Gasteiger partial charge in [-0.3, -0.25) is 9.69 Å². The molecule has 0 bridgehead atoms. The van der Waals surface area contributed by atoms with E-state index in [1.54, 1.807) is 0 Å². The fourth-order valence-corrected chi connectivity index (χ4v) is 2.11. The van der Waals surface area contributed by atoms with E-state index in [0.717, 1.165) is 6.42 Å². The van der Waals surface area contributed by atoms with Crippen molar-refractivity contribution in [2.75, 3.05) is 33.8 Å². The third-order valence-corrected chi connectivity index (χ3v) is 3.65. The van der Waals surface area contributed by atoms with Crippen LogP contribution in [0.1, 0.15) is 34.1 Å². The summed E-state index contributed by atoms with van der Waals surface area (Å²) in [6.07, 6.45) is 0.788. The number of esters is 1. The van der Waals surface area contributed by atoms with Crippen molar-refractivity contribution in [3.63, 3.8) is 0 Å². The van der Waals surface area contributed by atoms with Gasteiger partial charge in [0.2, 0.25) is 5.91 Å². The van der Waals surface area contributed by atoms with E-state index in [4.69, 9.17) is 10.5 Å². The Balaban J connectivity index is 4.54. The molecule has 6 nitrogen and oxygen atoms in total. The van der Waals surface area contributed by atoms with Crippen LogP contribution in [0.4, 0.5) is 0 Å². The number of amides is 1. The number of hydrogen-bond donors (Lipinski definition) is 2. The molecule has 0 radical (unpaired) electrons. The predicted molar refractivity (Wildman–Crippen MR) is 83.7 cm³/mol. The first-order valence-electron chi connectivity index (χ1n) is 7.42. The van der Waals surface area contributed by atoms with E-state index >= 15 is 0 Å². The molecule has 2 unspecified atom stereocenters. The first-order valence-corrected chi connectivity index (χ1v) is 7.42. The van der Waals surface area contributed by atoms with E-state index in [9.17, 15) is 9.59 Å². The normalized spacial score (nSPS) is 14.7. The van der Waals surface area contributed by atoms with Crippen molar-refractivity contribution in [2.45, 2.75) is 40.2 Å². The molecule has 0 fully saturated rings. The molecule has 0 aliphatic heterocycles. The maximum Gasteiger partial charge on any atom is 0.328 e. The Morgan fingerprint density at radius 2 is 1.95 bits per heavy atom. The molecule has 0 aliphatic rings. The number of likely N-dealkylation sites (N-methyl/N-ethyl adjacent to an activating group) is 1. The Bertz CT molecular complexity index is 345. The average Bonchev–Trinajstić information content (AvgIpc) is 2.42.